The Labute approximate surface area is 171 Å². The molecule has 0 atom stereocenters. The Morgan fingerprint density at radius 2 is 1.86 bits per heavy atom. The number of anilines is 2. The van der Waals surface area contributed by atoms with Crippen molar-refractivity contribution < 1.29 is 9.59 Å². The summed E-state index contributed by atoms with van der Waals surface area (Å²) in [6, 6.07) is 6.89. The second-order valence-electron chi connectivity index (χ2n) is 5.89. The zero-order valence-corrected chi connectivity index (χ0v) is 16.5. The number of carbonyl (C=O) groups excluding carboxylic acids is 2. The molecule has 0 bridgehead atoms. The third kappa shape index (κ3) is 5.48. The molecule has 3 aromatic rings. The Hall–Kier alpha value is -3.53. The summed E-state index contributed by atoms with van der Waals surface area (Å²) in [5.41, 5.74) is 1.90. The van der Waals surface area contributed by atoms with Crippen molar-refractivity contribution in [1.29, 1.82) is 0 Å². The molecule has 3 rings (SSSR count). The molecule has 2 heterocycles. The van der Waals surface area contributed by atoms with Crippen molar-refractivity contribution in [2.45, 2.75) is 18.6 Å². The molecule has 0 saturated carbocycles. The minimum atomic E-state index is -0.184. The van der Waals surface area contributed by atoms with Crippen LogP contribution in [0.5, 0.6) is 0 Å². The van der Waals surface area contributed by atoms with Gasteiger partial charge in [0.1, 0.15) is 5.69 Å². The number of rotatable bonds is 8. The Kier molecular flexibility index (Phi) is 6.69. The monoisotopic (exact) mass is 409 g/mol. The lowest BCUT2D eigenvalue weighted by Gasteiger charge is -2.08. The normalized spacial score (nSPS) is 10.4. The summed E-state index contributed by atoms with van der Waals surface area (Å²) in [6.45, 7) is 5.68. The van der Waals surface area contributed by atoms with Crippen LogP contribution in [-0.2, 0) is 16.1 Å². The van der Waals surface area contributed by atoms with Crippen LogP contribution >= 0.6 is 11.8 Å². The van der Waals surface area contributed by atoms with Crippen LogP contribution in [0.4, 0.5) is 11.4 Å². The Morgan fingerprint density at radius 1 is 1.14 bits per heavy atom. The first-order valence-corrected chi connectivity index (χ1v) is 9.66. The number of amides is 2. The molecule has 1 aromatic carbocycles. The molecule has 2 amide bonds. The number of benzene rings is 1. The quantitative estimate of drug-likeness (QED) is 0.434. The highest BCUT2D eigenvalue weighted by Crippen LogP contribution is 2.23. The van der Waals surface area contributed by atoms with E-state index in [1.165, 1.54) is 18.7 Å². The van der Waals surface area contributed by atoms with Gasteiger partial charge in [0.15, 0.2) is 11.0 Å². The maximum atomic E-state index is 12.3. The van der Waals surface area contributed by atoms with Gasteiger partial charge in [-0.15, -0.1) is 16.8 Å². The minimum absolute atomic E-state index is 0.150. The maximum absolute atomic E-state index is 12.3. The van der Waals surface area contributed by atoms with E-state index in [9.17, 15) is 9.59 Å². The molecule has 0 radical (unpaired) electrons. The van der Waals surface area contributed by atoms with Crippen molar-refractivity contribution >= 4 is 35.0 Å². The number of carbonyl (C=O) groups is 2. The Morgan fingerprint density at radius 3 is 2.48 bits per heavy atom. The van der Waals surface area contributed by atoms with E-state index in [4.69, 9.17) is 0 Å². The first-order valence-electron chi connectivity index (χ1n) is 8.67. The summed E-state index contributed by atoms with van der Waals surface area (Å²) in [6.07, 6.45) is 6.50. The van der Waals surface area contributed by atoms with Gasteiger partial charge in [0, 0.05) is 37.2 Å². The number of thioether (sulfide) groups is 1. The molecule has 2 aromatic heterocycles. The zero-order chi connectivity index (χ0) is 20.6. The molecule has 29 heavy (non-hydrogen) atoms. The summed E-state index contributed by atoms with van der Waals surface area (Å²) < 4.78 is 1.83. The highest BCUT2D eigenvalue weighted by Gasteiger charge is 2.16. The van der Waals surface area contributed by atoms with Gasteiger partial charge in [-0.1, -0.05) is 17.8 Å². The number of nitrogens with one attached hydrogen (secondary N) is 2. The van der Waals surface area contributed by atoms with Crippen LogP contribution in [0.1, 0.15) is 6.92 Å². The molecular formula is C19H19N7O2S. The van der Waals surface area contributed by atoms with Gasteiger partial charge < -0.3 is 10.6 Å². The fourth-order valence-electron chi connectivity index (χ4n) is 2.46. The van der Waals surface area contributed by atoms with E-state index >= 15 is 0 Å². The zero-order valence-electron chi connectivity index (χ0n) is 15.7. The van der Waals surface area contributed by atoms with E-state index in [-0.39, 0.29) is 17.6 Å². The molecule has 0 saturated heterocycles. The first-order chi connectivity index (χ1) is 14.1. The van der Waals surface area contributed by atoms with Crippen LogP contribution in [-0.4, -0.2) is 42.3 Å². The SMILES string of the molecule is C=CCn1c(SCC(=O)Nc2ccc(NC(C)=O)cc2)nnc1-c1cnccn1. The molecule has 10 heteroatoms. The third-order valence-corrected chi connectivity index (χ3v) is 4.61. The molecular weight excluding hydrogens is 390 g/mol. The average Bonchev–Trinajstić information content (AvgIpc) is 3.11. The molecule has 0 aliphatic carbocycles. The molecule has 0 unspecified atom stereocenters. The second kappa shape index (κ2) is 9.60. The van der Waals surface area contributed by atoms with E-state index in [2.05, 4.69) is 37.4 Å². The lowest BCUT2D eigenvalue weighted by atomic mass is 10.3. The molecule has 0 aliphatic heterocycles. The van der Waals surface area contributed by atoms with E-state index in [1.807, 2.05) is 4.57 Å². The number of nitrogens with zero attached hydrogens (tertiary/aromatic N) is 5. The first kappa shape index (κ1) is 20.2. The van der Waals surface area contributed by atoms with Crippen molar-refractivity contribution in [3.63, 3.8) is 0 Å². The number of aromatic nitrogens is 5. The average molecular weight is 409 g/mol. The third-order valence-electron chi connectivity index (χ3n) is 3.64. The van der Waals surface area contributed by atoms with Crippen molar-refractivity contribution in [3.05, 3.63) is 55.5 Å². The molecule has 148 valence electrons. The van der Waals surface area contributed by atoms with E-state index in [1.54, 1.807) is 48.9 Å². The minimum Gasteiger partial charge on any atom is -0.326 e. The number of hydrogen-bond acceptors (Lipinski definition) is 7. The predicted molar refractivity (Wildman–Crippen MR) is 111 cm³/mol. The highest BCUT2D eigenvalue weighted by atomic mass is 32.2. The van der Waals surface area contributed by atoms with Gasteiger partial charge in [-0.3, -0.25) is 19.1 Å². The summed E-state index contributed by atoms with van der Waals surface area (Å²) in [5, 5.41) is 14.4. The van der Waals surface area contributed by atoms with Gasteiger partial charge in [0.25, 0.3) is 0 Å². The largest absolute Gasteiger partial charge is 0.326 e. The highest BCUT2D eigenvalue weighted by molar-refractivity contribution is 7.99. The Bertz CT molecular complexity index is 1000. The summed E-state index contributed by atoms with van der Waals surface area (Å²) in [5.74, 6) is 0.386. The summed E-state index contributed by atoms with van der Waals surface area (Å²) >= 11 is 1.27. The number of allylic oxidation sites excluding steroid dienone is 1. The van der Waals surface area contributed by atoms with Crippen LogP contribution in [0.25, 0.3) is 11.5 Å². The smallest absolute Gasteiger partial charge is 0.234 e. The predicted octanol–water partition coefficient (Wildman–Crippen LogP) is 2.61. The van der Waals surface area contributed by atoms with Gasteiger partial charge in [-0.25, -0.2) is 4.98 Å². The molecule has 0 spiro atoms. The molecule has 0 fully saturated rings. The van der Waals surface area contributed by atoms with Crippen molar-refractivity contribution in [1.82, 2.24) is 24.7 Å². The van der Waals surface area contributed by atoms with E-state index < -0.39 is 0 Å². The van der Waals surface area contributed by atoms with Crippen molar-refractivity contribution in [3.8, 4) is 11.5 Å². The van der Waals surface area contributed by atoms with E-state index in [0.29, 0.717) is 34.6 Å². The standard InChI is InChI=1S/C19H19N7O2S/c1-3-10-26-18(16-11-20-8-9-21-16)24-25-19(26)29-12-17(28)23-15-6-4-14(5-7-15)22-13(2)27/h3-9,11H,1,10,12H2,2H3,(H,22,27)(H,23,28). The van der Waals surface area contributed by atoms with Crippen LogP contribution in [0, 0.1) is 0 Å². The molecule has 2 N–H and O–H groups in total. The number of hydrogen-bond donors (Lipinski definition) is 2. The fraction of sp³-hybridized carbons (Fsp3) is 0.158. The van der Waals surface area contributed by atoms with E-state index in [0.717, 1.165) is 0 Å². The molecule has 0 aliphatic rings. The lowest BCUT2D eigenvalue weighted by molar-refractivity contribution is -0.114. The summed E-state index contributed by atoms with van der Waals surface area (Å²) in [7, 11) is 0. The summed E-state index contributed by atoms with van der Waals surface area (Å²) in [4.78, 5) is 31.6. The van der Waals surface area contributed by atoms with Crippen LogP contribution in [0.15, 0.2) is 60.7 Å². The van der Waals surface area contributed by atoms with Crippen LogP contribution in [0.2, 0.25) is 0 Å². The van der Waals surface area contributed by atoms with Crippen molar-refractivity contribution in [2.24, 2.45) is 0 Å². The van der Waals surface area contributed by atoms with Crippen LogP contribution in [0.3, 0.4) is 0 Å². The lowest BCUT2D eigenvalue weighted by Crippen LogP contribution is -2.15. The van der Waals surface area contributed by atoms with Crippen LogP contribution < -0.4 is 10.6 Å². The molecule has 9 nitrogen and oxygen atoms in total. The van der Waals surface area contributed by atoms with Crippen molar-refractivity contribution in [2.75, 3.05) is 16.4 Å². The van der Waals surface area contributed by atoms with Gasteiger partial charge in [0.05, 0.1) is 11.9 Å². The Balaban J connectivity index is 1.63. The van der Waals surface area contributed by atoms with Gasteiger partial charge in [-0.05, 0) is 24.3 Å². The van der Waals surface area contributed by atoms with Gasteiger partial charge >= 0.3 is 0 Å². The van der Waals surface area contributed by atoms with Gasteiger partial charge in [-0.2, -0.15) is 0 Å². The second-order valence-corrected chi connectivity index (χ2v) is 6.83. The van der Waals surface area contributed by atoms with Gasteiger partial charge in [0.2, 0.25) is 11.8 Å². The topological polar surface area (TPSA) is 115 Å². The maximum Gasteiger partial charge on any atom is 0.234 e. The fourth-order valence-corrected chi connectivity index (χ4v) is 3.21.